The standard InChI is InChI=1S/C13H11BrFNO/c14-10-2-1-9(13(15)7-10)8-16-11-3-5-12(17)6-4-11/h1-7,16-17H,8H2. The SMILES string of the molecule is Oc1ccc(NCc2ccc(Br)cc2F)cc1. The van der Waals surface area contributed by atoms with E-state index in [-0.39, 0.29) is 11.6 Å². The number of hydrogen-bond donors (Lipinski definition) is 2. The van der Waals surface area contributed by atoms with Crippen molar-refractivity contribution in [3.05, 3.63) is 58.3 Å². The second kappa shape index (κ2) is 5.19. The molecule has 0 aliphatic heterocycles. The van der Waals surface area contributed by atoms with Crippen LogP contribution in [0.2, 0.25) is 0 Å². The van der Waals surface area contributed by atoms with Crippen molar-refractivity contribution in [2.24, 2.45) is 0 Å². The first kappa shape index (κ1) is 11.9. The number of nitrogens with one attached hydrogen (secondary N) is 1. The molecular formula is C13H11BrFNO. The summed E-state index contributed by atoms with van der Waals surface area (Å²) >= 11 is 3.21. The van der Waals surface area contributed by atoms with Gasteiger partial charge >= 0.3 is 0 Å². The minimum Gasteiger partial charge on any atom is -0.508 e. The van der Waals surface area contributed by atoms with E-state index < -0.39 is 0 Å². The monoisotopic (exact) mass is 295 g/mol. The Bertz CT molecular complexity index is 513. The Kier molecular flexibility index (Phi) is 3.64. The van der Waals surface area contributed by atoms with Crippen molar-refractivity contribution >= 4 is 21.6 Å². The van der Waals surface area contributed by atoms with E-state index in [0.717, 1.165) is 10.2 Å². The van der Waals surface area contributed by atoms with Gasteiger partial charge in [-0.3, -0.25) is 0 Å². The molecule has 0 radical (unpaired) electrons. The summed E-state index contributed by atoms with van der Waals surface area (Å²) in [5.41, 5.74) is 1.44. The lowest BCUT2D eigenvalue weighted by Gasteiger charge is -2.07. The van der Waals surface area contributed by atoms with Crippen LogP contribution in [0.15, 0.2) is 46.9 Å². The summed E-state index contributed by atoms with van der Waals surface area (Å²) in [6.45, 7) is 0.407. The summed E-state index contributed by atoms with van der Waals surface area (Å²) in [5.74, 6) is -0.0315. The minimum absolute atomic E-state index is 0.213. The fourth-order valence-electron chi connectivity index (χ4n) is 1.44. The number of phenolic OH excluding ortho intramolecular Hbond substituents is 1. The second-order valence-electron chi connectivity index (χ2n) is 3.64. The van der Waals surface area contributed by atoms with Gasteiger partial charge in [0.2, 0.25) is 0 Å². The highest BCUT2D eigenvalue weighted by Crippen LogP contribution is 2.18. The first-order valence-electron chi connectivity index (χ1n) is 5.12. The average Bonchev–Trinajstić information content (AvgIpc) is 2.30. The first-order valence-corrected chi connectivity index (χ1v) is 5.91. The summed E-state index contributed by atoms with van der Waals surface area (Å²) in [7, 11) is 0. The summed E-state index contributed by atoms with van der Waals surface area (Å²) < 4.78 is 14.2. The summed E-state index contributed by atoms with van der Waals surface area (Å²) in [6, 6.07) is 11.6. The van der Waals surface area contributed by atoms with Crippen LogP contribution < -0.4 is 5.32 Å². The van der Waals surface area contributed by atoms with E-state index in [2.05, 4.69) is 21.2 Å². The van der Waals surface area contributed by atoms with Gasteiger partial charge in [0.1, 0.15) is 11.6 Å². The minimum atomic E-state index is -0.245. The molecule has 0 spiro atoms. The molecule has 2 N–H and O–H groups in total. The number of benzene rings is 2. The lowest BCUT2D eigenvalue weighted by atomic mass is 10.2. The molecule has 2 aromatic carbocycles. The molecule has 0 saturated heterocycles. The lowest BCUT2D eigenvalue weighted by molar-refractivity contribution is 0.475. The van der Waals surface area contributed by atoms with Crippen molar-refractivity contribution in [2.45, 2.75) is 6.54 Å². The van der Waals surface area contributed by atoms with Crippen LogP contribution in [-0.4, -0.2) is 5.11 Å². The second-order valence-corrected chi connectivity index (χ2v) is 4.55. The van der Waals surface area contributed by atoms with Gasteiger partial charge in [-0.25, -0.2) is 4.39 Å². The Hall–Kier alpha value is -1.55. The summed E-state index contributed by atoms with van der Waals surface area (Å²) in [6.07, 6.45) is 0. The van der Waals surface area contributed by atoms with Gasteiger partial charge in [-0.15, -0.1) is 0 Å². The highest BCUT2D eigenvalue weighted by Gasteiger charge is 2.02. The number of hydrogen-bond acceptors (Lipinski definition) is 2. The zero-order chi connectivity index (χ0) is 12.3. The molecule has 0 bridgehead atoms. The fourth-order valence-corrected chi connectivity index (χ4v) is 1.77. The van der Waals surface area contributed by atoms with Crippen LogP contribution in [0.3, 0.4) is 0 Å². The zero-order valence-electron chi connectivity index (χ0n) is 8.95. The predicted molar refractivity (Wildman–Crippen MR) is 69.5 cm³/mol. The van der Waals surface area contributed by atoms with Crippen molar-refractivity contribution in [1.29, 1.82) is 0 Å². The molecule has 2 rings (SSSR count). The van der Waals surface area contributed by atoms with Gasteiger partial charge in [-0.2, -0.15) is 0 Å². The average molecular weight is 296 g/mol. The van der Waals surface area contributed by atoms with E-state index in [1.165, 1.54) is 6.07 Å². The maximum atomic E-state index is 13.5. The number of rotatable bonds is 3. The van der Waals surface area contributed by atoms with Crippen LogP contribution in [-0.2, 0) is 6.54 Å². The highest BCUT2D eigenvalue weighted by atomic mass is 79.9. The van der Waals surface area contributed by atoms with E-state index in [1.807, 2.05) is 0 Å². The third kappa shape index (κ3) is 3.20. The van der Waals surface area contributed by atoms with Crippen LogP contribution in [0.5, 0.6) is 5.75 Å². The maximum absolute atomic E-state index is 13.5. The van der Waals surface area contributed by atoms with Gasteiger partial charge in [0, 0.05) is 22.3 Å². The number of phenols is 1. The summed E-state index contributed by atoms with van der Waals surface area (Å²) in [5, 5.41) is 12.2. The van der Waals surface area contributed by atoms with Crippen molar-refractivity contribution in [1.82, 2.24) is 0 Å². The van der Waals surface area contributed by atoms with E-state index in [1.54, 1.807) is 36.4 Å². The van der Waals surface area contributed by atoms with Crippen molar-refractivity contribution in [3.63, 3.8) is 0 Å². The topological polar surface area (TPSA) is 32.3 Å². The normalized spacial score (nSPS) is 10.2. The van der Waals surface area contributed by atoms with E-state index >= 15 is 0 Å². The molecule has 0 fully saturated rings. The predicted octanol–water partition coefficient (Wildman–Crippen LogP) is 3.91. The molecule has 2 nitrogen and oxygen atoms in total. The smallest absolute Gasteiger partial charge is 0.129 e. The molecule has 0 atom stereocenters. The van der Waals surface area contributed by atoms with Gasteiger partial charge in [0.25, 0.3) is 0 Å². The molecule has 17 heavy (non-hydrogen) atoms. The molecule has 0 heterocycles. The van der Waals surface area contributed by atoms with Gasteiger partial charge in [0.15, 0.2) is 0 Å². The van der Waals surface area contributed by atoms with Gasteiger partial charge < -0.3 is 10.4 Å². The Morgan fingerprint density at radius 2 is 1.82 bits per heavy atom. The van der Waals surface area contributed by atoms with Crippen molar-refractivity contribution < 1.29 is 9.50 Å². The molecule has 0 amide bonds. The molecule has 0 unspecified atom stereocenters. The third-order valence-corrected chi connectivity index (χ3v) is 2.86. The number of halogens is 2. The first-order chi connectivity index (χ1) is 8.15. The van der Waals surface area contributed by atoms with E-state index in [4.69, 9.17) is 5.11 Å². The number of aromatic hydroxyl groups is 1. The van der Waals surface area contributed by atoms with Gasteiger partial charge in [0.05, 0.1) is 0 Å². The van der Waals surface area contributed by atoms with Gasteiger partial charge in [-0.05, 0) is 36.4 Å². The lowest BCUT2D eigenvalue weighted by Crippen LogP contribution is -2.01. The number of anilines is 1. The van der Waals surface area contributed by atoms with E-state index in [9.17, 15) is 4.39 Å². The largest absolute Gasteiger partial charge is 0.508 e. The Morgan fingerprint density at radius 3 is 2.47 bits per heavy atom. The fraction of sp³-hybridized carbons (Fsp3) is 0.0769. The Balaban J connectivity index is 2.04. The molecular weight excluding hydrogens is 285 g/mol. The molecule has 0 aromatic heterocycles. The maximum Gasteiger partial charge on any atom is 0.129 e. The summed E-state index contributed by atoms with van der Waals surface area (Å²) in [4.78, 5) is 0. The molecule has 0 saturated carbocycles. The van der Waals surface area contributed by atoms with Crippen molar-refractivity contribution in [3.8, 4) is 5.75 Å². The highest BCUT2D eigenvalue weighted by molar-refractivity contribution is 9.10. The van der Waals surface area contributed by atoms with E-state index in [0.29, 0.717) is 12.1 Å². The molecule has 4 heteroatoms. The van der Waals surface area contributed by atoms with Crippen LogP contribution in [0.25, 0.3) is 0 Å². The van der Waals surface area contributed by atoms with Crippen molar-refractivity contribution in [2.75, 3.05) is 5.32 Å². The Labute approximate surface area is 107 Å². The molecule has 0 aliphatic carbocycles. The zero-order valence-corrected chi connectivity index (χ0v) is 10.5. The van der Waals surface area contributed by atoms with Crippen LogP contribution in [0.1, 0.15) is 5.56 Å². The quantitative estimate of drug-likeness (QED) is 0.842. The molecule has 2 aromatic rings. The third-order valence-electron chi connectivity index (χ3n) is 2.37. The molecule has 0 aliphatic rings. The van der Waals surface area contributed by atoms with Crippen LogP contribution in [0, 0.1) is 5.82 Å². The Morgan fingerprint density at radius 1 is 1.12 bits per heavy atom. The van der Waals surface area contributed by atoms with Gasteiger partial charge in [-0.1, -0.05) is 22.0 Å². The van der Waals surface area contributed by atoms with Crippen LogP contribution >= 0.6 is 15.9 Å². The molecule has 88 valence electrons. The van der Waals surface area contributed by atoms with Crippen LogP contribution in [0.4, 0.5) is 10.1 Å².